The van der Waals surface area contributed by atoms with Crippen molar-refractivity contribution in [3.8, 4) is 0 Å². The fourth-order valence-corrected chi connectivity index (χ4v) is 5.34. The molecule has 1 unspecified atom stereocenters. The minimum Gasteiger partial charge on any atom is -0.445 e. The predicted octanol–water partition coefficient (Wildman–Crippen LogP) is 6.11. The van der Waals surface area contributed by atoms with Gasteiger partial charge in [0.1, 0.15) is 12.2 Å². The van der Waals surface area contributed by atoms with Gasteiger partial charge in [-0.1, -0.05) is 36.4 Å². The third-order valence-electron chi connectivity index (χ3n) is 8.38. The van der Waals surface area contributed by atoms with E-state index < -0.39 is 17.8 Å². The van der Waals surface area contributed by atoms with Crippen LogP contribution in [0.15, 0.2) is 42.0 Å². The summed E-state index contributed by atoms with van der Waals surface area (Å²) >= 11 is 0. The topological polar surface area (TPSA) is 95.6 Å². The van der Waals surface area contributed by atoms with Gasteiger partial charge in [-0.2, -0.15) is 0 Å². The van der Waals surface area contributed by atoms with E-state index >= 15 is 0 Å². The Labute approximate surface area is 244 Å². The number of benzene rings is 1. The molecule has 9 nitrogen and oxygen atoms in total. The van der Waals surface area contributed by atoms with Gasteiger partial charge in [0.15, 0.2) is 6.29 Å². The lowest BCUT2D eigenvalue weighted by atomic mass is 9.90. The van der Waals surface area contributed by atoms with E-state index in [0.717, 1.165) is 36.8 Å². The van der Waals surface area contributed by atoms with Crippen molar-refractivity contribution in [3.05, 3.63) is 47.5 Å². The summed E-state index contributed by atoms with van der Waals surface area (Å²) in [5.41, 5.74) is 0.698. The Bertz CT molecular complexity index is 1060. The Morgan fingerprint density at radius 1 is 1.05 bits per heavy atom. The van der Waals surface area contributed by atoms with Crippen molar-refractivity contribution in [1.29, 1.82) is 0 Å². The largest absolute Gasteiger partial charge is 0.445 e. The van der Waals surface area contributed by atoms with Crippen molar-refractivity contribution in [2.24, 2.45) is 0 Å². The molecule has 0 aromatic heterocycles. The van der Waals surface area contributed by atoms with E-state index in [1.165, 1.54) is 0 Å². The number of alkyl carbamates (subject to hydrolysis) is 1. The number of likely N-dealkylation sites (tertiary alicyclic amines) is 1. The first-order valence-electron chi connectivity index (χ1n) is 14.9. The van der Waals surface area contributed by atoms with Crippen molar-refractivity contribution in [1.82, 2.24) is 10.2 Å². The average molecular weight is 573 g/mol. The fourth-order valence-electron chi connectivity index (χ4n) is 5.34. The highest BCUT2D eigenvalue weighted by Gasteiger charge is 2.50. The minimum atomic E-state index is -0.623. The van der Waals surface area contributed by atoms with Crippen LogP contribution in [-0.2, 0) is 30.3 Å². The lowest BCUT2D eigenvalue weighted by Gasteiger charge is -2.41. The van der Waals surface area contributed by atoms with Gasteiger partial charge in [-0.15, -0.1) is 0 Å². The van der Waals surface area contributed by atoms with Gasteiger partial charge in [-0.3, -0.25) is 0 Å². The van der Waals surface area contributed by atoms with E-state index in [-0.39, 0.29) is 48.9 Å². The molecule has 1 aromatic carbocycles. The zero-order valence-corrected chi connectivity index (χ0v) is 25.7. The van der Waals surface area contributed by atoms with Crippen LogP contribution in [0, 0.1) is 0 Å². The molecule has 2 aliphatic heterocycles. The number of hydrogen-bond acceptors (Lipinski definition) is 7. The minimum absolute atomic E-state index is 0.00698. The van der Waals surface area contributed by atoms with Gasteiger partial charge in [0.25, 0.3) is 0 Å². The molecule has 0 spiro atoms. The molecule has 2 heterocycles. The number of amides is 2. The molecule has 0 saturated carbocycles. The van der Waals surface area contributed by atoms with Gasteiger partial charge in [0.05, 0.1) is 36.0 Å². The summed E-state index contributed by atoms with van der Waals surface area (Å²) in [7, 11) is 0. The van der Waals surface area contributed by atoms with Crippen LogP contribution in [0.1, 0.15) is 86.1 Å². The molecule has 4 rings (SSSR count). The summed E-state index contributed by atoms with van der Waals surface area (Å²) in [5, 5.41) is 3.00. The van der Waals surface area contributed by atoms with Gasteiger partial charge >= 0.3 is 12.2 Å². The SMILES string of the molecule is CC(C)(C)OC(=O)N[C@H]1CCCN(C(=O)OCc2ccccc2)[C@H]1COC1CC=C(C2OC(C)(C)C(C)(C)O2)CC1. The molecule has 1 aromatic rings. The van der Waals surface area contributed by atoms with Crippen molar-refractivity contribution in [2.75, 3.05) is 13.2 Å². The molecule has 1 N–H and O–H groups in total. The highest BCUT2D eigenvalue weighted by atomic mass is 16.7. The number of nitrogens with zero attached hydrogens (tertiary/aromatic N) is 1. The first-order valence-corrected chi connectivity index (χ1v) is 14.9. The Morgan fingerprint density at radius 2 is 1.73 bits per heavy atom. The van der Waals surface area contributed by atoms with Gasteiger partial charge in [0, 0.05) is 6.54 Å². The van der Waals surface area contributed by atoms with Gasteiger partial charge in [0.2, 0.25) is 0 Å². The van der Waals surface area contributed by atoms with E-state index in [1.807, 2.05) is 51.1 Å². The number of piperidine rings is 1. The second-order valence-electron chi connectivity index (χ2n) is 13.3. The number of carbonyl (C=O) groups excluding carboxylic acids is 2. The summed E-state index contributed by atoms with van der Waals surface area (Å²) in [6.45, 7) is 14.7. The fraction of sp³-hybridized carbons (Fsp3) is 0.688. The van der Waals surface area contributed by atoms with E-state index in [2.05, 4.69) is 39.1 Å². The zero-order valence-electron chi connectivity index (χ0n) is 25.7. The monoisotopic (exact) mass is 572 g/mol. The highest BCUT2D eigenvalue weighted by molar-refractivity contribution is 5.70. The van der Waals surface area contributed by atoms with Crippen molar-refractivity contribution < 1.29 is 33.3 Å². The van der Waals surface area contributed by atoms with Crippen LogP contribution in [0.5, 0.6) is 0 Å². The maximum atomic E-state index is 13.3. The third-order valence-corrected chi connectivity index (χ3v) is 8.38. The third kappa shape index (κ3) is 8.23. The molecular weight excluding hydrogens is 524 g/mol. The van der Waals surface area contributed by atoms with Crippen LogP contribution >= 0.6 is 0 Å². The van der Waals surface area contributed by atoms with Crippen LogP contribution in [0.25, 0.3) is 0 Å². The van der Waals surface area contributed by atoms with Crippen LogP contribution in [-0.4, -0.2) is 71.5 Å². The molecule has 0 radical (unpaired) electrons. The Morgan fingerprint density at radius 3 is 2.34 bits per heavy atom. The summed E-state index contributed by atoms with van der Waals surface area (Å²) in [4.78, 5) is 27.6. The van der Waals surface area contributed by atoms with Gasteiger partial charge in [-0.25, -0.2) is 9.59 Å². The van der Waals surface area contributed by atoms with Crippen LogP contribution in [0.4, 0.5) is 9.59 Å². The van der Waals surface area contributed by atoms with E-state index in [4.69, 9.17) is 23.7 Å². The highest BCUT2D eigenvalue weighted by Crippen LogP contribution is 2.42. The van der Waals surface area contributed by atoms with Crippen molar-refractivity contribution in [3.63, 3.8) is 0 Å². The molecule has 228 valence electrons. The number of rotatable bonds is 7. The maximum absolute atomic E-state index is 13.3. The number of nitrogens with one attached hydrogen (secondary N) is 1. The number of hydrogen-bond donors (Lipinski definition) is 1. The molecular formula is C32H48N2O7. The van der Waals surface area contributed by atoms with E-state index in [9.17, 15) is 9.59 Å². The molecule has 1 aliphatic carbocycles. The van der Waals surface area contributed by atoms with Crippen LogP contribution in [0.2, 0.25) is 0 Å². The Kier molecular flexibility index (Phi) is 9.71. The summed E-state index contributed by atoms with van der Waals surface area (Å²) in [6, 6.07) is 8.90. The van der Waals surface area contributed by atoms with Gasteiger partial charge in [-0.05, 0) is 91.7 Å². The Balaban J connectivity index is 1.39. The molecule has 2 amide bonds. The summed E-state index contributed by atoms with van der Waals surface area (Å²) in [6.07, 6.45) is 4.73. The Hall–Kier alpha value is -2.62. The molecule has 3 atom stereocenters. The molecule has 0 bridgehead atoms. The maximum Gasteiger partial charge on any atom is 0.410 e. The molecule has 3 aliphatic rings. The molecule has 2 fully saturated rings. The smallest absolute Gasteiger partial charge is 0.410 e. The number of ether oxygens (including phenoxy) is 5. The summed E-state index contributed by atoms with van der Waals surface area (Å²) in [5.74, 6) is 0. The number of carbonyl (C=O) groups is 2. The zero-order chi connectivity index (χ0) is 29.8. The molecule has 2 saturated heterocycles. The first kappa shape index (κ1) is 31.3. The standard InChI is InChI=1S/C32H48N2O7/c1-30(2,3)41-28(35)33-25-14-11-19-34(29(36)38-20-22-12-9-8-10-13-22)26(25)21-37-24-17-15-23(16-18-24)27-39-31(4,5)32(6,7)40-27/h8-10,12-13,15,24-27H,11,14,16-21H2,1-7H3,(H,33,35)/t24?,25-,26-/m0/s1. The van der Waals surface area contributed by atoms with E-state index in [1.54, 1.807) is 4.90 Å². The van der Waals surface area contributed by atoms with Crippen LogP contribution < -0.4 is 5.32 Å². The lowest BCUT2D eigenvalue weighted by molar-refractivity contribution is -0.0654. The normalized spacial score (nSPS) is 26.3. The summed E-state index contributed by atoms with van der Waals surface area (Å²) < 4.78 is 30.1. The molecule has 41 heavy (non-hydrogen) atoms. The van der Waals surface area contributed by atoms with Gasteiger partial charge < -0.3 is 33.9 Å². The second-order valence-corrected chi connectivity index (χ2v) is 13.3. The van der Waals surface area contributed by atoms with Crippen LogP contribution in [0.3, 0.4) is 0 Å². The second kappa shape index (κ2) is 12.7. The van der Waals surface area contributed by atoms with Crippen molar-refractivity contribution >= 4 is 12.2 Å². The average Bonchev–Trinajstić information content (AvgIpc) is 3.12. The lowest BCUT2D eigenvalue weighted by Crippen LogP contribution is -2.59. The molecule has 9 heteroatoms. The first-order chi connectivity index (χ1) is 19.2. The quantitative estimate of drug-likeness (QED) is 0.394. The predicted molar refractivity (Wildman–Crippen MR) is 155 cm³/mol. The van der Waals surface area contributed by atoms with E-state index in [0.29, 0.717) is 13.0 Å². The van der Waals surface area contributed by atoms with Crippen molar-refractivity contribution in [2.45, 2.75) is 128 Å².